The highest BCUT2D eigenvalue weighted by Gasteiger charge is 2.26. The summed E-state index contributed by atoms with van der Waals surface area (Å²) in [5.74, 6) is -0.731. The van der Waals surface area contributed by atoms with Crippen LogP contribution in [0.4, 0.5) is 5.69 Å². The highest BCUT2D eigenvalue weighted by Crippen LogP contribution is 2.30. The zero-order valence-corrected chi connectivity index (χ0v) is 18.2. The monoisotopic (exact) mass is 435 g/mol. The van der Waals surface area contributed by atoms with E-state index in [1.165, 1.54) is 16.0 Å². The molecule has 2 heterocycles. The van der Waals surface area contributed by atoms with Gasteiger partial charge in [-0.25, -0.2) is 0 Å². The van der Waals surface area contributed by atoms with Gasteiger partial charge in [0.2, 0.25) is 0 Å². The Morgan fingerprint density at radius 1 is 1.06 bits per heavy atom. The van der Waals surface area contributed by atoms with Crippen molar-refractivity contribution in [3.63, 3.8) is 0 Å². The fourth-order valence-electron chi connectivity index (χ4n) is 3.83. The smallest absolute Gasteiger partial charge is 0.313 e. The maximum absolute atomic E-state index is 12.5. The molecule has 1 aliphatic rings. The number of nitrogens with one attached hydrogen (secondary N) is 2. The van der Waals surface area contributed by atoms with Crippen molar-refractivity contribution in [3.05, 3.63) is 82.0 Å². The van der Waals surface area contributed by atoms with E-state index in [-0.39, 0.29) is 6.04 Å². The molecule has 0 radical (unpaired) electrons. The summed E-state index contributed by atoms with van der Waals surface area (Å²) in [4.78, 5) is 28.4. The summed E-state index contributed by atoms with van der Waals surface area (Å²) < 4.78 is 5.15. The number of fused-ring (bicyclic) bond motifs is 1. The number of nitrogens with zero attached hydrogens (tertiary/aromatic N) is 1. The molecule has 0 spiro atoms. The highest BCUT2D eigenvalue weighted by atomic mass is 32.1. The lowest BCUT2D eigenvalue weighted by atomic mass is 9.98. The Balaban J connectivity index is 1.41. The van der Waals surface area contributed by atoms with E-state index in [4.69, 9.17) is 4.74 Å². The lowest BCUT2D eigenvalue weighted by Crippen LogP contribution is -2.43. The van der Waals surface area contributed by atoms with E-state index in [9.17, 15) is 9.59 Å². The molecule has 2 aromatic carbocycles. The van der Waals surface area contributed by atoms with Gasteiger partial charge in [0.25, 0.3) is 0 Å². The maximum Gasteiger partial charge on any atom is 0.313 e. The molecule has 0 saturated carbocycles. The van der Waals surface area contributed by atoms with Gasteiger partial charge >= 0.3 is 11.8 Å². The van der Waals surface area contributed by atoms with E-state index >= 15 is 0 Å². The zero-order valence-electron chi connectivity index (χ0n) is 17.3. The van der Waals surface area contributed by atoms with E-state index < -0.39 is 11.8 Å². The van der Waals surface area contributed by atoms with Crippen molar-refractivity contribution in [3.8, 4) is 5.75 Å². The van der Waals surface area contributed by atoms with Crippen LogP contribution in [0.2, 0.25) is 0 Å². The Labute approximate surface area is 185 Å². The second kappa shape index (κ2) is 9.76. The summed E-state index contributed by atoms with van der Waals surface area (Å²) in [6, 6.07) is 19.5. The molecule has 160 valence electrons. The normalized spacial score (nSPS) is 14.4. The first-order valence-electron chi connectivity index (χ1n) is 10.2. The second-order valence-electron chi connectivity index (χ2n) is 7.42. The van der Waals surface area contributed by atoms with Crippen LogP contribution in [0, 0.1) is 0 Å². The van der Waals surface area contributed by atoms with Gasteiger partial charge in [-0.05, 0) is 41.1 Å². The second-order valence-corrected chi connectivity index (χ2v) is 8.40. The summed E-state index contributed by atoms with van der Waals surface area (Å²) in [6.07, 6.45) is 0.975. The molecule has 7 heteroatoms. The standard InChI is InChI=1S/C24H25N3O3S/c1-30-20-9-4-8-19(14-20)26-24(29)23(28)25-15-21(22-10-5-13-31-22)27-12-11-17-6-2-3-7-18(17)16-27/h2-10,13-14,21H,11-12,15-16H2,1H3,(H,25,28)(H,26,29)/t21-/m1/s1. The van der Waals surface area contributed by atoms with Crippen molar-refractivity contribution in [2.24, 2.45) is 0 Å². The van der Waals surface area contributed by atoms with E-state index in [2.05, 4.69) is 45.9 Å². The number of benzene rings is 2. The molecular weight excluding hydrogens is 410 g/mol. The number of anilines is 1. The van der Waals surface area contributed by atoms with Crippen LogP contribution in [-0.4, -0.2) is 36.9 Å². The number of carbonyl (C=O) groups is 2. The van der Waals surface area contributed by atoms with E-state index in [1.807, 2.05) is 11.4 Å². The van der Waals surface area contributed by atoms with Crippen molar-refractivity contribution in [2.45, 2.75) is 19.0 Å². The maximum atomic E-state index is 12.5. The molecule has 0 saturated heterocycles. The van der Waals surface area contributed by atoms with Gasteiger partial charge in [0.1, 0.15) is 5.75 Å². The fourth-order valence-corrected chi connectivity index (χ4v) is 4.69. The van der Waals surface area contributed by atoms with Gasteiger partial charge in [0.05, 0.1) is 13.2 Å². The van der Waals surface area contributed by atoms with Crippen LogP contribution in [-0.2, 0) is 22.6 Å². The lowest BCUT2D eigenvalue weighted by Gasteiger charge is -2.35. The van der Waals surface area contributed by atoms with Gasteiger partial charge in [-0.1, -0.05) is 36.4 Å². The molecule has 2 N–H and O–H groups in total. The molecule has 2 amide bonds. The Kier molecular flexibility index (Phi) is 6.64. The minimum atomic E-state index is -0.692. The zero-order chi connectivity index (χ0) is 21.6. The van der Waals surface area contributed by atoms with Crippen LogP contribution in [0.25, 0.3) is 0 Å². The van der Waals surface area contributed by atoms with Crippen LogP contribution in [0.5, 0.6) is 5.75 Å². The summed E-state index contributed by atoms with van der Waals surface area (Å²) in [5.41, 5.74) is 3.21. The Morgan fingerprint density at radius 3 is 2.68 bits per heavy atom. The first-order chi connectivity index (χ1) is 15.1. The number of carbonyl (C=O) groups excluding carboxylic acids is 2. The molecule has 0 fully saturated rings. The van der Waals surface area contributed by atoms with Crippen LogP contribution < -0.4 is 15.4 Å². The predicted molar refractivity (Wildman–Crippen MR) is 122 cm³/mol. The van der Waals surface area contributed by atoms with Crippen molar-refractivity contribution in [1.29, 1.82) is 0 Å². The predicted octanol–water partition coefficient (Wildman–Crippen LogP) is 3.61. The third kappa shape index (κ3) is 5.13. The van der Waals surface area contributed by atoms with E-state index in [1.54, 1.807) is 42.7 Å². The lowest BCUT2D eigenvalue weighted by molar-refractivity contribution is -0.136. The van der Waals surface area contributed by atoms with Crippen LogP contribution in [0.1, 0.15) is 22.0 Å². The number of amides is 2. The number of methoxy groups -OCH3 is 1. The molecule has 0 bridgehead atoms. The molecule has 1 aliphatic heterocycles. The largest absolute Gasteiger partial charge is 0.497 e. The highest BCUT2D eigenvalue weighted by molar-refractivity contribution is 7.10. The first kappa shape index (κ1) is 21.1. The minimum Gasteiger partial charge on any atom is -0.497 e. The Hall–Kier alpha value is -3.16. The summed E-state index contributed by atoms with van der Waals surface area (Å²) in [5, 5.41) is 7.49. The van der Waals surface area contributed by atoms with Gasteiger partial charge in [-0.2, -0.15) is 0 Å². The van der Waals surface area contributed by atoms with Gasteiger partial charge in [0, 0.05) is 36.3 Å². The van der Waals surface area contributed by atoms with Crippen LogP contribution in [0.3, 0.4) is 0 Å². The van der Waals surface area contributed by atoms with Crippen molar-refractivity contribution >= 4 is 28.8 Å². The number of hydrogen-bond donors (Lipinski definition) is 2. The Bertz CT molecular complexity index is 1050. The molecule has 3 aromatic rings. The minimum absolute atomic E-state index is 0.0157. The number of ether oxygens (including phenoxy) is 1. The summed E-state index contributed by atoms with van der Waals surface area (Å²) >= 11 is 1.67. The summed E-state index contributed by atoms with van der Waals surface area (Å²) in [7, 11) is 1.55. The third-order valence-electron chi connectivity index (χ3n) is 5.46. The van der Waals surface area contributed by atoms with Gasteiger partial charge in [0.15, 0.2) is 0 Å². The molecule has 0 aliphatic carbocycles. The topological polar surface area (TPSA) is 70.7 Å². The fraction of sp³-hybridized carbons (Fsp3) is 0.250. The van der Waals surface area contributed by atoms with Gasteiger partial charge in [-0.15, -0.1) is 11.3 Å². The van der Waals surface area contributed by atoms with Crippen molar-refractivity contribution in [2.75, 3.05) is 25.5 Å². The molecule has 1 aromatic heterocycles. The van der Waals surface area contributed by atoms with Crippen molar-refractivity contribution < 1.29 is 14.3 Å². The van der Waals surface area contributed by atoms with Gasteiger partial charge < -0.3 is 15.4 Å². The van der Waals surface area contributed by atoms with Gasteiger partial charge in [-0.3, -0.25) is 14.5 Å². The van der Waals surface area contributed by atoms with Crippen LogP contribution >= 0.6 is 11.3 Å². The number of rotatable bonds is 6. The van der Waals surface area contributed by atoms with Crippen LogP contribution in [0.15, 0.2) is 66.0 Å². The molecular formula is C24H25N3O3S. The average molecular weight is 436 g/mol. The SMILES string of the molecule is COc1cccc(NC(=O)C(=O)NC[C@H](c2cccs2)N2CCc3ccccc3C2)c1. The molecule has 31 heavy (non-hydrogen) atoms. The molecule has 6 nitrogen and oxygen atoms in total. The quantitative estimate of drug-likeness (QED) is 0.581. The third-order valence-corrected chi connectivity index (χ3v) is 6.44. The van der Waals surface area contributed by atoms with Crippen molar-refractivity contribution in [1.82, 2.24) is 10.2 Å². The first-order valence-corrected chi connectivity index (χ1v) is 11.1. The Morgan fingerprint density at radius 2 is 1.90 bits per heavy atom. The van der Waals surface area contributed by atoms with E-state index in [0.29, 0.717) is 18.0 Å². The number of thiophene rings is 1. The van der Waals surface area contributed by atoms with E-state index in [0.717, 1.165) is 19.5 Å². The average Bonchev–Trinajstić information content (AvgIpc) is 3.33. The summed E-state index contributed by atoms with van der Waals surface area (Å²) in [6.45, 7) is 2.10. The molecule has 1 atom stereocenters. The number of hydrogen-bond acceptors (Lipinski definition) is 5. The molecule has 4 rings (SSSR count). The molecule has 0 unspecified atom stereocenters.